The van der Waals surface area contributed by atoms with Gasteiger partial charge < -0.3 is 4.90 Å². The van der Waals surface area contributed by atoms with E-state index in [0.29, 0.717) is 13.1 Å². The fourth-order valence-corrected chi connectivity index (χ4v) is 4.42. The molecule has 1 aromatic carbocycles. The Kier molecular flexibility index (Phi) is 5.07. The Morgan fingerprint density at radius 3 is 2.50 bits per heavy atom. The summed E-state index contributed by atoms with van der Waals surface area (Å²) in [5.74, 6) is -0.195. The van der Waals surface area contributed by atoms with Gasteiger partial charge in [-0.3, -0.25) is 4.79 Å². The van der Waals surface area contributed by atoms with Crippen molar-refractivity contribution in [2.24, 2.45) is 0 Å². The Balaban J connectivity index is 1.76. The van der Waals surface area contributed by atoms with E-state index in [2.05, 4.69) is 4.98 Å². The van der Waals surface area contributed by atoms with Crippen molar-refractivity contribution in [2.75, 3.05) is 13.1 Å². The summed E-state index contributed by atoms with van der Waals surface area (Å²) in [5.41, 5.74) is -5.21. The molecule has 1 fully saturated rings. The molecule has 1 aliphatic heterocycles. The van der Waals surface area contributed by atoms with Gasteiger partial charge in [0.15, 0.2) is 0 Å². The molecule has 1 atom stereocenters. The minimum atomic E-state index is -5.41. The van der Waals surface area contributed by atoms with Gasteiger partial charge in [-0.1, -0.05) is 0 Å². The third kappa shape index (κ3) is 3.61. The van der Waals surface area contributed by atoms with Crippen molar-refractivity contribution >= 4 is 27.1 Å². The molecule has 0 N–H and O–H groups in total. The van der Waals surface area contributed by atoms with E-state index in [0.717, 1.165) is 42.1 Å². The van der Waals surface area contributed by atoms with Gasteiger partial charge in [0.2, 0.25) is 0 Å². The fraction of sp³-hybridized carbons (Fsp3) is 0.375. The molecule has 2 aromatic rings. The lowest BCUT2D eigenvalue weighted by Crippen LogP contribution is -2.39. The quantitative estimate of drug-likeness (QED) is 0.786. The van der Waals surface area contributed by atoms with Gasteiger partial charge in [0.05, 0.1) is 9.90 Å². The van der Waals surface area contributed by atoms with Crippen LogP contribution in [0.25, 0.3) is 0 Å². The lowest BCUT2D eigenvalue weighted by Gasteiger charge is -2.32. The van der Waals surface area contributed by atoms with Gasteiger partial charge in [0.1, 0.15) is 0 Å². The number of alkyl halides is 3. The zero-order chi connectivity index (χ0) is 18.9. The molecule has 0 spiro atoms. The second-order valence-electron chi connectivity index (χ2n) is 5.93. The van der Waals surface area contributed by atoms with E-state index in [1.165, 1.54) is 11.3 Å². The highest BCUT2D eigenvalue weighted by molar-refractivity contribution is 7.92. The van der Waals surface area contributed by atoms with Crippen LogP contribution < -0.4 is 0 Å². The lowest BCUT2D eigenvalue weighted by atomic mass is 9.98. The monoisotopic (exact) mass is 404 g/mol. The van der Waals surface area contributed by atoms with Gasteiger partial charge in [-0.2, -0.15) is 13.2 Å². The Morgan fingerprint density at radius 1 is 1.23 bits per heavy atom. The first kappa shape index (κ1) is 18.8. The third-order valence-electron chi connectivity index (χ3n) is 4.23. The van der Waals surface area contributed by atoms with Crippen LogP contribution in [0.3, 0.4) is 0 Å². The van der Waals surface area contributed by atoms with Gasteiger partial charge in [0.25, 0.3) is 15.7 Å². The van der Waals surface area contributed by atoms with Crippen molar-refractivity contribution in [3.63, 3.8) is 0 Å². The highest BCUT2D eigenvalue weighted by Gasteiger charge is 2.46. The molecule has 5 nitrogen and oxygen atoms in total. The molecule has 1 saturated heterocycles. The van der Waals surface area contributed by atoms with Crippen molar-refractivity contribution in [3.8, 4) is 0 Å². The van der Waals surface area contributed by atoms with Gasteiger partial charge >= 0.3 is 5.51 Å². The number of likely N-dealkylation sites (tertiary alicyclic amines) is 1. The first-order chi connectivity index (χ1) is 12.2. The van der Waals surface area contributed by atoms with Crippen LogP contribution in [-0.2, 0) is 9.84 Å². The molecule has 1 aromatic heterocycles. The SMILES string of the molecule is O=C(c1ccc(S(=O)(=O)C(F)(F)F)cc1)N1CCCC(c2nccs2)C1. The average molecular weight is 404 g/mol. The van der Waals surface area contributed by atoms with Crippen molar-refractivity contribution in [2.45, 2.75) is 29.2 Å². The second kappa shape index (κ2) is 6.99. The molecular weight excluding hydrogens is 389 g/mol. The normalized spacial score (nSPS) is 18.7. The molecule has 0 saturated carbocycles. The standard InChI is InChI=1S/C16H15F3N2O3S2/c17-16(18,19)26(23,24)13-5-3-11(4-6-13)15(22)21-8-1-2-12(10-21)14-20-7-9-25-14/h3-7,9,12H,1-2,8,10H2. The Hall–Kier alpha value is -1.94. The smallest absolute Gasteiger partial charge is 0.338 e. The first-order valence-corrected chi connectivity index (χ1v) is 10.2. The summed E-state index contributed by atoms with van der Waals surface area (Å²) >= 11 is 1.52. The minimum absolute atomic E-state index is 0.137. The molecule has 1 unspecified atom stereocenters. The number of nitrogens with zero attached hydrogens (tertiary/aromatic N) is 2. The predicted octanol–water partition coefficient (Wildman–Crippen LogP) is 3.46. The number of thiazole rings is 1. The van der Waals surface area contributed by atoms with Crippen LogP contribution in [0, 0.1) is 0 Å². The molecule has 1 amide bonds. The van der Waals surface area contributed by atoms with E-state index in [-0.39, 0.29) is 17.4 Å². The van der Waals surface area contributed by atoms with E-state index < -0.39 is 20.2 Å². The minimum Gasteiger partial charge on any atom is -0.338 e. The van der Waals surface area contributed by atoms with Crippen molar-refractivity contribution < 1.29 is 26.4 Å². The van der Waals surface area contributed by atoms with Crippen LogP contribution >= 0.6 is 11.3 Å². The average Bonchev–Trinajstić information content (AvgIpc) is 3.15. The summed E-state index contributed by atoms with van der Waals surface area (Å²) in [4.78, 5) is 17.6. The first-order valence-electron chi connectivity index (χ1n) is 7.80. The fourth-order valence-electron chi connectivity index (χ4n) is 2.89. The number of sulfone groups is 1. The Bertz CT molecular complexity index is 878. The highest BCUT2D eigenvalue weighted by atomic mass is 32.2. The van der Waals surface area contributed by atoms with Gasteiger partial charge in [-0.15, -0.1) is 11.3 Å². The number of hydrogen-bond donors (Lipinski definition) is 0. The zero-order valence-corrected chi connectivity index (χ0v) is 15.1. The summed E-state index contributed by atoms with van der Waals surface area (Å²) in [6, 6.07) is 3.87. The van der Waals surface area contributed by atoms with E-state index in [4.69, 9.17) is 0 Å². The number of hydrogen-bond acceptors (Lipinski definition) is 5. The molecule has 0 radical (unpaired) electrons. The second-order valence-corrected chi connectivity index (χ2v) is 8.80. The van der Waals surface area contributed by atoms with E-state index >= 15 is 0 Å². The Morgan fingerprint density at radius 2 is 1.92 bits per heavy atom. The summed E-state index contributed by atoms with van der Waals surface area (Å²) in [5, 5.41) is 2.82. The maximum Gasteiger partial charge on any atom is 0.501 e. The number of aromatic nitrogens is 1. The third-order valence-corrected chi connectivity index (χ3v) is 6.67. The summed E-state index contributed by atoms with van der Waals surface area (Å²) in [7, 11) is -5.41. The lowest BCUT2D eigenvalue weighted by molar-refractivity contribution is -0.0436. The maximum absolute atomic E-state index is 12.6. The van der Waals surface area contributed by atoms with Crippen LogP contribution in [0.2, 0.25) is 0 Å². The zero-order valence-electron chi connectivity index (χ0n) is 13.4. The van der Waals surface area contributed by atoms with Crippen molar-refractivity contribution in [1.82, 2.24) is 9.88 Å². The van der Waals surface area contributed by atoms with Crippen LogP contribution in [0.1, 0.15) is 34.1 Å². The van der Waals surface area contributed by atoms with E-state index in [1.807, 2.05) is 5.38 Å². The highest BCUT2D eigenvalue weighted by Crippen LogP contribution is 2.31. The summed E-state index contributed by atoms with van der Waals surface area (Å²) in [6.07, 6.45) is 3.43. The van der Waals surface area contributed by atoms with Crippen molar-refractivity contribution in [3.05, 3.63) is 46.4 Å². The number of rotatable bonds is 3. The molecule has 3 rings (SSSR count). The van der Waals surface area contributed by atoms with Crippen LogP contribution in [0.5, 0.6) is 0 Å². The number of amides is 1. The molecule has 0 bridgehead atoms. The number of carbonyl (C=O) groups excluding carboxylic acids is 1. The predicted molar refractivity (Wildman–Crippen MR) is 89.7 cm³/mol. The van der Waals surface area contributed by atoms with Crippen LogP contribution in [0.4, 0.5) is 13.2 Å². The topological polar surface area (TPSA) is 67.3 Å². The molecule has 10 heteroatoms. The molecule has 0 aliphatic carbocycles. The molecule has 2 heterocycles. The molecule has 1 aliphatic rings. The van der Waals surface area contributed by atoms with Gasteiger partial charge in [-0.05, 0) is 37.1 Å². The molecular formula is C16H15F3N2O3S2. The number of benzene rings is 1. The number of piperidine rings is 1. The maximum atomic E-state index is 12.6. The molecule has 26 heavy (non-hydrogen) atoms. The van der Waals surface area contributed by atoms with E-state index in [1.54, 1.807) is 11.1 Å². The van der Waals surface area contributed by atoms with Crippen LogP contribution in [-0.4, -0.2) is 42.8 Å². The summed E-state index contributed by atoms with van der Waals surface area (Å²) < 4.78 is 60.5. The Labute approximate surface area is 152 Å². The van der Waals surface area contributed by atoms with Crippen molar-refractivity contribution in [1.29, 1.82) is 0 Å². The number of carbonyl (C=O) groups is 1. The number of halogens is 3. The largest absolute Gasteiger partial charge is 0.501 e. The summed E-state index contributed by atoms with van der Waals surface area (Å²) in [6.45, 7) is 1.03. The van der Waals surface area contributed by atoms with Crippen LogP contribution in [0.15, 0.2) is 40.7 Å². The van der Waals surface area contributed by atoms with E-state index in [9.17, 15) is 26.4 Å². The molecule has 140 valence electrons. The van der Waals surface area contributed by atoms with Gasteiger partial charge in [-0.25, -0.2) is 13.4 Å². The van der Waals surface area contributed by atoms with Gasteiger partial charge in [0, 0.05) is 36.1 Å².